The van der Waals surface area contributed by atoms with Gasteiger partial charge in [-0.2, -0.15) is 0 Å². The number of nitrogens with one attached hydrogen (secondary N) is 1. The zero-order valence-electron chi connectivity index (χ0n) is 17.7. The number of amides is 3. The summed E-state index contributed by atoms with van der Waals surface area (Å²) in [5.74, 6) is 0.152. The van der Waals surface area contributed by atoms with Crippen molar-refractivity contribution in [3.63, 3.8) is 0 Å². The van der Waals surface area contributed by atoms with E-state index in [9.17, 15) is 19.5 Å². The van der Waals surface area contributed by atoms with E-state index in [1.807, 2.05) is 0 Å². The lowest BCUT2D eigenvalue weighted by Crippen LogP contribution is -2.57. The molecule has 11 heteroatoms. The van der Waals surface area contributed by atoms with Gasteiger partial charge in [0, 0.05) is 25.4 Å². The van der Waals surface area contributed by atoms with Crippen molar-refractivity contribution in [2.24, 2.45) is 5.92 Å². The summed E-state index contributed by atoms with van der Waals surface area (Å²) in [7, 11) is 0. The summed E-state index contributed by atoms with van der Waals surface area (Å²) < 4.78 is 16.5. The van der Waals surface area contributed by atoms with Crippen LogP contribution in [-0.2, 0) is 14.3 Å². The smallest absolute Gasteiger partial charge is 0.416 e. The van der Waals surface area contributed by atoms with Crippen molar-refractivity contribution in [1.82, 2.24) is 9.88 Å². The topological polar surface area (TPSA) is 131 Å². The Morgan fingerprint density at radius 1 is 1.39 bits per heavy atom. The highest BCUT2D eigenvalue weighted by molar-refractivity contribution is 5.95. The number of aliphatic hydroxyl groups is 1. The van der Waals surface area contributed by atoms with E-state index in [1.165, 1.54) is 9.80 Å². The summed E-state index contributed by atoms with van der Waals surface area (Å²) in [6.07, 6.45) is -0.710. The molecule has 4 rings (SSSR count). The number of anilines is 2. The van der Waals surface area contributed by atoms with E-state index in [0.717, 1.165) is 0 Å². The molecule has 31 heavy (non-hydrogen) atoms. The number of pyridine rings is 1. The predicted octanol–water partition coefficient (Wildman–Crippen LogP) is 1.36. The van der Waals surface area contributed by atoms with Crippen molar-refractivity contribution in [3.05, 3.63) is 12.1 Å². The zero-order chi connectivity index (χ0) is 22.4. The molecule has 3 aliphatic heterocycles. The fourth-order valence-corrected chi connectivity index (χ4v) is 3.98. The van der Waals surface area contributed by atoms with Crippen molar-refractivity contribution < 1.29 is 33.7 Å². The molecule has 2 unspecified atom stereocenters. The van der Waals surface area contributed by atoms with E-state index in [1.54, 1.807) is 32.9 Å². The van der Waals surface area contributed by atoms with Gasteiger partial charge in [-0.25, -0.2) is 14.6 Å². The summed E-state index contributed by atoms with van der Waals surface area (Å²) in [6, 6.07) is 3.24. The molecule has 1 aromatic heterocycles. The van der Waals surface area contributed by atoms with Crippen molar-refractivity contribution >= 4 is 29.7 Å². The second kappa shape index (κ2) is 7.56. The van der Waals surface area contributed by atoms with Gasteiger partial charge in [0.05, 0.1) is 13.2 Å². The first-order valence-corrected chi connectivity index (χ1v) is 10.1. The van der Waals surface area contributed by atoms with Gasteiger partial charge in [0.15, 0.2) is 18.2 Å². The Kier molecular flexibility index (Phi) is 5.16. The predicted molar refractivity (Wildman–Crippen MR) is 108 cm³/mol. The maximum Gasteiger partial charge on any atom is 0.416 e. The molecule has 2 N–H and O–H groups in total. The molecule has 3 amide bonds. The third-order valence-electron chi connectivity index (χ3n) is 5.54. The van der Waals surface area contributed by atoms with Gasteiger partial charge in [-0.1, -0.05) is 0 Å². The molecule has 4 heterocycles. The van der Waals surface area contributed by atoms with Crippen LogP contribution in [0.4, 0.5) is 21.2 Å². The first-order chi connectivity index (χ1) is 14.6. The Bertz CT molecular complexity index is 915. The lowest BCUT2D eigenvalue weighted by atomic mass is 9.81. The van der Waals surface area contributed by atoms with Crippen LogP contribution in [0.25, 0.3) is 0 Å². The molecule has 0 aliphatic carbocycles. The van der Waals surface area contributed by atoms with Gasteiger partial charge in [-0.05, 0) is 32.9 Å². The highest BCUT2D eigenvalue weighted by Gasteiger charge is 2.54. The minimum absolute atomic E-state index is 0.0881. The number of ether oxygens (including phenoxy) is 3. The third-order valence-corrected chi connectivity index (χ3v) is 5.54. The van der Waals surface area contributed by atoms with E-state index in [0.29, 0.717) is 24.5 Å². The van der Waals surface area contributed by atoms with Gasteiger partial charge < -0.3 is 29.5 Å². The zero-order valence-corrected chi connectivity index (χ0v) is 17.7. The molecule has 11 nitrogen and oxygen atoms in total. The summed E-state index contributed by atoms with van der Waals surface area (Å²) in [6.45, 7) is 5.71. The van der Waals surface area contributed by atoms with Gasteiger partial charge in [-0.15, -0.1) is 0 Å². The highest BCUT2D eigenvalue weighted by atomic mass is 16.6. The molecule has 0 bridgehead atoms. The van der Waals surface area contributed by atoms with Crippen molar-refractivity contribution in [2.45, 2.75) is 38.4 Å². The van der Waals surface area contributed by atoms with Gasteiger partial charge in [0.1, 0.15) is 17.0 Å². The van der Waals surface area contributed by atoms with Crippen LogP contribution in [0.3, 0.4) is 0 Å². The Hall–Kier alpha value is -3.08. The number of carbonyl (C=O) groups is 3. The van der Waals surface area contributed by atoms with Gasteiger partial charge in [-0.3, -0.25) is 9.69 Å². The molecule has 1 aromatic rings. The molecule has 168 valence electrons. The molecule has 0 aromatic carbocycles. The van der Waals surface area contributed by atoms with Crippen LogP contribution in [0.2, 0.25) is 0 Å². The molecule has 2 fully saturated rings. The van der Waals surface area contributed by atoms with Crippen LogP contribution < -0.4 is 15.0 Å². The number of fused-ring (bicyclic) bond motifs is 1. The van der Waals surface area contributed by atoms with Crippen LogP contribution >= 0.6 is 0 Å². The molecular formula is C20H26N4O7. The van der Waals surface area contributed by atoms with Crippen molar-refractivity contribution in [1.29, 1.82) is 0 Å². The van der Waals surface area contributed by atoms with Crippen LogP contribution in [0.15, 0.2) is 12.1 Å². The molecule has 1 spiro atoms. The number of rotatable bonds is 2. The molecule has 3 aliphatic rings. The van der Waals surface area contributed by atoms with E-state index < -0.39 is 29.3 Å². The standard InChI is InChI=1S/C20H26N4O7/c1-19(2,3)30-17(27)23-7-6-20(12(8-23)9-25)11-24(18(28)31-20)14-5-4-13-16(21-14)22-15(26)10-29-13/h4-5,12,25H,6-11H2,1-3H3,(H,21,22,26). The molecular weight excluding hydrogens is 408 g/mol. The Labute approximate surface area is 179 Å². The Morgan fingerprint density at radius 3 is 2.87 bits per heavy atom. The number of aliphatic hydroxyl groups excluding tert-OH is 1. The van der Waals surface area contributed by atoms with Crippen LogP contribution in [0.1, 0.15) is 27.2 Å². The summed E-state index contributed by atoms with van der Waals surface area (Å²) >= 11 is 0. The van der Waals surface area contributed by atoms with Crippen LogP contribution in [-0.4, -0.2) is 77.1 Å². The number of nitrogens with zero attached hydrogens (tertiary/aromatic N) is 3. The quantitative estimate of drug-likeness (QED) is 0.713. The lowest BCUT2D eigenvalue weighted by Gasteiger charge is -2.43. The van der Waals surface area contributed by atoms with Crippen molar-refractivity contribution in [2.75, 3.05) is 43.1 Å². The third kappa shape index (κ3) is 4.09. The number of piperidine rings is 1. The average Bonchev–Trinajstić information content (AvgIpc) is 3.03. The van der Waals surface area contributed by atoms with Crippen LogP contribution in [0.5, 0.6) is 5.75 Å². The minimum Gasteiger partial charge on any atom is -0.480 e. The molecule has 0 radical (unpaired) electrons. The van der Waals surface area contributed by atoms with E-state index in [-0.39, 0.29) is 38.0 Å². The molecule has 0 saturated carbocycles. The number of aromatic nitrogens is 1. The summed E-state index contributed by atoms with van der Waals surface area (Å²) in [4.78, 5) is 43.9. The minimum atomic E-state index is -0.957. The van der Waals surface area contributed by atoms with Crippen molar-refractivity contribution in [3.8, 4) is 5.75 Å². The normalized spacial score (nSPS) is 25.6. The lowest BCUT2D eigenvalue weighted by molar-refractivity contribution is -0.118. The number of hydrogen-bond acceptors (Lipinski definition) is 8. The van der Waals surface area contributed by atoms with Gasteiger partial charge >= 0.3 is 12.2 Å². The summed E-state index contributed by atoms with van der Waals surface area (Å²) in [5.41, 5.74) is -1.59. The maximum absolute atomic E-state index is 12.7. The molecule has 2 atom stereocenters. The SMILES string of the molecule is CC(C)(C)OC(=O)N1CCC2(CN(c3ccc4c(n3)NC(=O)CO4)C(=O)O2)C(CO)C1. The molecule has 2 saturated heterocycles. The van der Waals surface area contributed by atoms with Crippen LogP contribution in [0, 0.1) is 5.92 Å². The number of likely N-dealkylation sites (tertiary alicyclic amines) is 1. The Morgan fingerprint density at radius 2 is 2.16 bits per heavy atom. The first-order valence-electron chi connectivity index (χ1n) is 10.1. The average molecular weight is 434 g/mol. The second-order valence-corrected chi connectivity index (χ2v) is 8.93. The number of carbonyl (C=O) groups excluding carboxylic acids is 3. The fourth-order valence-electron chi connectivity index (χ4n) is 3.98. The maximum atomic E-state index is 12.7. The first kappa shape index (κ1) is 21.2. The Balaban J connectivity index is 1.51. The van der Waals surface area contributed by atoms with E-state index in [2.05, 4.69) is 10.3 Å². The summed E-state index contributed by atoms with van der Waals surface area (Å²) in [5, 5.41) is 12.6. The monoisotopic (exact) mass is 434 g/mol. The second-order valence-electron chi connectivity index (χ2n) is 8.93. The van der Waals surface area contributed by atoms with Gasteiger partial charge in [0.2, 0.25) is 0 Å². The largest absolute Gasteiger partial charge is 0.480 e. The van der Waals surface area contributed by atoms with E-state index >= 15 is 0 Å². The van der Waals surface area contributed by atoms with Gasteiger partial charge in [0.25, 0.3) is 5.91 Å². The highest BCUT2D eigenvalue weighted by Crippen LogP contribution is 2.40. The fraction of sp³-hybridized carbons (Fsp3) is 0.600. The number of hydrogen-bond donors (Lipinski definition) is 2. The van der Waals surface area contributed by atoms with E-state index in [4.69, 9.17) is 14.2 Å².